The first-order valence-electron chi connectivity index (χ1n) is 10.8. The van der Waals surface area contributed by atoms with E-state index < -0.39 is 12.1 Å². The minimum atomic E-state index is -0.833. The average Bonchev–Trinajstić information content (AvgIpc) is 3.22. The van der Waals surface area contributed by atoms with Crippen LogP contribution in [0.2, 0.25) is 0 Å². The van der Waals surface area contributed by atoms with E-state index in [1.165, 1.54) is 0 Å². The zero-order chi connectivity index (χ0) is 22.8. The maximum Gasteiger partial charge on any atom is 0.300 e. The zero-order valence-corrected chi connectivity index (χ0v) is 18.6. The van der Waals surface area contributed by atoms with Crippen molar-refractivity contribution in [3.63, 3.8) is 0 Å². The molecule has 0 aromatic carbocycles. The van der Waals surface area contributed by atoms with Gasteiger partial charge in [0.05, 0.1) is 25.4 Å². The maximum absolute atomic E-state index is 13.2. The number of ketones is 1. The molecule has 1 aromatic rings. The number of hydrogen-bond acceptors (Lipinski definition) is 6. The number of carbonyl (C=O) groups is 3. The summed E-state index contributed by atoms with van der Waals surface area (Å²) < 4.78 is 16.2. The number of furan rings is 1. The van der Waals surface area contributed by atoms with Crippen molar-refractivity contribution in [2.24, 2.45) is 28.6 Å². The molecule has 0 aliphatic heterocycles. The zero-order valence-electron chi connectivity index (χ0n) is 18.6. The van der Waals surface area contributed by atoms with Crippen LogP contribution in [0.5, 0.6) is 0 Å². The molecule has 0 bridgehead atoms. The summed E-state index contributed by atoms with van der Waals surface area (Å²) in [7, 11) is 1.72. The SMILES string of the molecule is CC(=O)O.COC1=C[C@@]23CCC(C)[C@](C)(CC(OC=O)c4ccoc4)C2C(=O)CC[C@@H]13. The lowest BCUT2D eigenvalue weighted by molar-refractivity contribution is -0.163. The fourth-order valence-corrected chi connectivity index (χ4v) is 6.20. The van der Waals surface area contributed by atoms with E-state index in [4.69, 9.17) is 23.8 Å². The molecule has 2 saturated carbocycles. The van der Waals surface area contributed by atoms with Gasteiger partial charge < -0.3 is 19.0 Å². The van der Waals surface area contributed by atoms with Gasteiger partial charge in [0.15, 0.2) is 0 Å². The molecule has 170 valence electrons. The van der Waals surface area contributed by atoms with Crippen LogP contribution in [0.4, 0.5) is 0 Å². The first-order chi connectivity index (χ1) is 14.7. The van der Waals surface area contributed by atoms with Crippen LogP contribution in [-0.2, 0) is 23.9 Å². The molecule has 1 N–H and O–H groups in total. The van der Waals surface area contributed by atoms with Crippen LogP contribution in [0.3, 0.4) is 0 Å². The third kappa shape index (κ3) is 4.02. The van der Waals surface area contributed by atoms with E-state index >= 15 is 0 Å². The van der Waals surface area contributed by atoms with Crippen molar-refractivity contribution in [1.29, 1.82) is 0 Å². The van der Waals surface area contributed by atoms with Crippen LogP contribution in [0.1, 0.15) is 64.5 Å². The van der Waals surface area contributed by atoms with Gasteiger partial charge in [-0.3, -0.25) is 14.4 Å². The number of rotatable bonds is 6. The number of hydrogen-bond donors (Lipinski definition) is 1. The Kier molecular flexibility index (Phi) is 6.62. The molecule has 4 rings (SSSR count). The van der Waals surface area contributed by atoms with Gasteiger partial charge in [-0.1, -0.05) is 13.8 Å². The number of aliphatic carboxylic acids is 1. The van der Waals surface area contributed by atoms with Crippen molar-refractivity contribution in [3.8, 4) is 0 Å². The van der Waals surface area contributed by atoms with Crippen molar-refractivity contribution in [2.45, 2.75) is 59.0 Å². The van der Waals surface area contributed by atoms with Crippen LogP contribution < -0.4 is 0 Å². The highest BCUT2D eigenvalue weighted by Gasteiger charge is 2.65. The minimum Gasteiger partial charge on any atom is -0.501 e. The van der Waals surface area contributed by atoms with Gasteiger partial charge in [0.2, 0.25) is 0 Å². The Hall–Kier alpha value is -2.57. The van der Waals surface area contributed by atoms with Gasteiger partial charge in [-0.2, -0.15) is 0 Å². The molecular formula is C24H32O7. The summed E-state index contributed by atoms with van der Waals surface area (Å²) in [5.41, 5.74) is 0.496. The van der Waals surface area contributed by atoms with Gasteiger partial charge in [-0.05, 0) is 49.2 Å². The molecule has 2 fully saturated rings. The lowest BCUT2D eigenvalue weighted by atomic mass is 9.40. The quantitative estimate of drug-likeness (QED) is 0.658. The number of methoxy groups -OCH3 is 1. The monoisotopic (exact) mass is 432 g/mol. The van der Waals surface area contributed by atoms with Crippen molar-refractivity contribution < 1.29 is 33.4 Å². The van der Waals surface area contributed by atoms with Crippen molar-refractivity contribution in [1.82, 2.24) is 0 Å². The van der Waals surface area contributed by atoms with Crippen molar-refractivity contribution in [2.75, 3.05) is 7.11 Å². The second-order valence-corrected chi connectivity index (χ2v) is 9.30. The highest BCUT2D eigenvalue weighted by atomic mass is 16.5. The predicted octanol–water partition coefficient (Wildman–Crippen LogP) is 4.54. The van der Waals surface area contributed by atoms with Crippen LogP contribution in [-0.4, -0.2) is 30.4 Å². The lowest BCUT2D eigenvalue weighted by Crippen LogP contribution is -2.61. The molecule has 0 amide bonds. The van der Waals surface area contributed by atoms with E-state index in [1.807, 2.05) is 6.07 Å². The van der Waals surface area contributed by atoms with Gasteiger partial charge in [-0.15, -0.1) is 0 Å². The smallest absolute Gasteiger partial charge is 0.300 e. The first kappa shape index (κ1) is 23.1. The summed E-state index contributed by atoms with van der Waals surface area (Å²) in [6.45, 7) is 6.03. The minimum absolute atomic E-state index is 0.0592. The summed E-state index contributed by atoms with van der Waals surface area (Å²) in [5.74, 6) is 1.21. The molecule has 3 aliphatic carbocycles. The standard InChI is InChI=1S/C22H28O5.C2H4O2/c1-14-6-8-22-11-19(25-3)16(22)4-5-17(24)20(22)21(14,2)10-18(27-13-23)15-7-9-26-12-15;1-2(3)4/h7,9,11-14,16,18,20H,4-6,8,10H2,1-3H3;1H3,(H,3,4)/t14?,16-,18?,20?,21-,22+;/m0./s1. The fourth-order valence-electron chi connectivity index (χ4n) is 6.20. The van der Waals surface area contributed by atoms with E-state index in [-0.39, 0.29) is 16.7 Å². The molecule has 3 unspecified atom stereocenters. The summed E-state index contributed by atoms with van der Waals surface area (Å²) in [4.78, 5) is 33.3. The number of ether oxygens (including phenoxy) is 2. The van der Waals surface area contributed by atoms with Crippen molar-refractivity contribution in [3.05, 3.63) is 36.0 Å². The van der Waals surface area contributed by atoms with Gasteiger partial charge in [0, 0.05) is 36.2 Å². The predicted molar refractivity (Wildman–Crippen MR) is 112 cm³/mol. The molecule has 31 heavy (non-hydrogen) atoms. The molecule has 1 heterocycles. The van der Waals surface area contributed by atoms with Crippen LogP contribution in [0.15, 0.2) is 34.8 Å². The summed E-state index contributed by atoms with van der Waals surface area (Å²) in [5, 5.41) is 7.42. The van der Waals surface area contributed by atoms with Gasteiger partial charge in [0.1, 0.15) is 11.9 Å². The largest absolute Gasteiger partial charge is 0.501 e. The average molecular weight is 433 g/mol. The van der Waals surface area contributed by atoms with Crippen LogP contribution in [0, 0.1) is 28.6 Å². The number of Topliss-reactive ketones (excluding diaryl/α,β-unsaturated/α-hetero) is 1. The highest BCUT2D eigenvalue weighted by molar-refractivity contribution is 5.85. The Morgan fingerprint density at radius 2 is 2.13 bits per heavy atom. The second kappa shape index (κ2) is 8.89. The summed E-state index contributed by atoms with van der Waals surface area (Å²) >= 11 is 0. The normalized spacial score (nSPS) is 34.5. The lowest BCUT2D eigenvalue weighted by Gasteiger charge is -2.63. The summed E-state index contributed by atoms with van der Waals surface area (Å²) in [6.07, 6.45) is 9.23. The van der Waals surface area contributed by atoms with Crippen molar-refractivity contribution >= 4 is 18.2 Å². The Morgan fingerprint density at radius 3 is 2.71 bits per heavy atom. The summed E-state index contributed by atoms with van der Waals surface area (Å²) in [6, 6.07) is 1.83. The molecule has 1 aromatic heterocycles. The number of carboxylic acids is 1. The van der Waals surface area contributed by atoms with E-state index in [0.29, 0.717) is 36.9 Å². The Morgan fingerprint density at radius 1 is 1.42 bits per heavy atom. The second-order valence-electron chi connectivity index (χ2n) is 9.30. The Labute approximate surface area is 182 Å². The molecule has 6 atom stereocenters. The van der Waals surface area contributed by atoms with E-state index in [1.54, 1.807) is 19.6 Å². The number of allylic oxidation sites excluding steroid dienone is 2. The maximum atomic E-state index is 13.2. The first-order valence-corrected chi connectivity index (χ1v) is 10.8. The van der Waals surface area contributed by atoms with E-state index in [2.05, 4.69) is 19.9 Å². The Bertz CT molecular complexity index is 838. The van der Waals surface area contributed by atoms with Gasteiger partial charge in [-0.25, -0.2) is 0 Å². The van der Waals surface area contributed by atoms with E-state index in [0.717, 1.165) is 37.5 Å². The Balaban J connectivity index is 0.000000628. The van der Waals surface area contributed by atoms with Crippen LogP contribution in [0.25, 0.3) is 0 Å². The fraction of sp³-hybridized carbons (Fsp3) is 0.625. The van der Waals surface area contributed by atoms with Gasteiger partial charge in [0.25, 0.3) is 12.4 Å². The van der Waals surface area contributed by atoms with Crippen LogP contribution >= 0.6 is 0 Å². The molecule has 3 aliphatic rings. The molecule has 7 heteroatoms. The molecular weight excluding hydrogens is 400 g/mol. The van der Waals surface area contributed by atoms with E-state index in [9.17, 15) is 9.59 Å². The third-order valence-corrected chi connectivity index (χ3v) is 7.73. The highest BCUT2D eigenvalue weighted by Crippen LogP contribution is 2.68. The number of carbonyl (C=O) groups excluding carboxylic acids is 2. The topological polar surface area (TPSA) is 103 Å². The van der Waals surface area contributed by atoms with Gasteiger partial charge >= 0.3 is 0 Å². The molecule has 1 spiro atoms. The third-order valence-electron chi connectivity index (χ3n) is 7.73. The number of carboxylic acid groups (broad SMARTS) is 1. The molecule has 0 radical (unpaired) electrons. The molecule has 7 nitrogen and oxygen atoms in total. The molecule has 0 saturated heterocycles.